The van der Waals surface area contributed by atoms with Crippen LogP contribution >= 0.6 is 11.8 Å². The molecule has 0 aliphatic heterocycles. The highest BCUT2D eigenvalue weighted by atomic mass is 32.2. The summed E-state index contributed by atoms with van der Waals surface area (Å²) in [6.45, 7) is 0.192. The third kappa shape index (κ3) is 5.25. The second-order valence-corrected chi connectivity index (χ2v) is 7.38. The van der Waals surface area contributed by atoms with Gasteiger partial charge in [-0.1, -0.05) is 72.4 Å². The van der Waals surface area contributed by atoms with Gasteiger partial charge in [0.15, 0.2) is 0 Å². The number of aliphatic hydroxyl groups excluding tert-OH is 1. The van der Waals surface area contributed by atoms with E-state index in [1.165, 1.54) is 11.8 Å². The van der Waals surface area contributed by atoms with Gasteiger partial charge in [0.1, 0.15) is 12.4 Å². The highest BCUT2D eigenvalue weighted by molar-refractivity contribution is 7.99. The zero-order valence-corrected chi connectivity index (χ0v) is 16.5. The van der Waals surface area contributed by atoms with Gasteiger partial charge in [0.05, 0.1) is 6.10 Å². The van der Waals surface area contributed by atoms with Crippen molar-refractivity contribution in [2.24, 2.45) is 0 Å². The van der Waals surface area contributed by atoms with Crippen molar-refractivity contribution in [1.29, 1.82) is 0 Å². The Labute approximate surface area is 173 Å². The quantitative estimate of drug-likeness (QED) is 0.420. The van der Waals surface area contributed by atoms with Crippen molar-refractivity contribution in [1.82, 2.24) is 10.2 Å². The molecule has 0 saturated carbocycles. The first-order valence-electron chi connectivity index (χ1n) is 9.26. The lowest BCUT2D eigenvalue weighted by Gasteiger charge is -2.11. The van der Waals surface area contributed by atoms with E-state index in [1.807, 2.05) is 72.8 Å². The maximum absolute atomic E-state index is 10.2. The van der Waals surface area contributed by atoms with Crippen LogP contribution in [0, 0.1) is 0 Å². The average Bonchev–Trinajstić information content (AvgIpc) is 3.27. The van der Waals surface area contributed by atoms with E-state index in [1.54, 1.807) is 0 Å². The van der Waals surface area contributed by atoms with Crippen molar-refractivity contribution in [3.63, 3.8) is 0 Å². The molecule has 6 heteroatoms. The molecule has 4 aromatic rings. The van der Waals surface area contributed by atoms with Crippen LogP contribution in [0.25, 0.3) is 22.6 Å². The first-order chi connectivity index (χ1) is 14.3. The van der Waals surface area contributed by atoms with Crippen molar-refractivity contribution in [3.05, 3.63) is 84.9 Å². The molecule has 0 radical (unpaired) electrons. The van der Waals surface area contributed by atoms with Crippen molar-refractivity contribution < 1.29 is 14.3 Å². The zero-order chi connectivity index (χ0) is 19.9. The molecule has 4 rings (SSSR count). The minimum absolute atomic E-state index is 0.192. The van der Waals surface area contributed by atoms with E-state index in [4.69, 9.17) is 9.15 Å². The Hall–Kier alpha value is -3.09. The number of aromatic nitrogens is 2. The summed E-state index contributed by atoms with van der Waals surface area (Å²) in [7, 11) is 0. The third-order valence-corrected chi connectivity index (χ3v) is 5.19. The Morgan fingerprint density at radius 2 is 1.41 bits per heavy atom. The fraction of sp³-hybridized carbons (Fsp3) is 0.130. The summed E-state index contributed by atoms with van der Waals surface area (Å²) in [4.78, 5) is 0. The normalized spacial score (nSPS) is 11.9. The summed E-state index contributed by atoms with van der Waals surface area (Å²) in [6, 6.07) is 27.6. The van der Waals surface area contributed by atoms with Crippen LogP contribution in [0.4, 0.5) is 0 Å². The predicted molar refractivity (Wildman–Crippen MR) is 114 cm³/mol. The Morgan fingerprint density at radius 1 is 0.793 bits per heavy atom. The topological polar surface area (TPSA) is 68.4 Å². The van der Waals surface area contributed by atoms with E-state index in [0.29, 0.717) is 16.9 Å². The van der Waals surface area contributed by atoms with Gasteiger partial charge < -0.3 is 14.3 Å². The highest BCUT2D eigenvalue weighted by Gasteiger charge is 2.12. The number of ether oxygens (including phenoxy) is 1. The maximum Gasteiger partial charge on any atom is 0.276 e. The van der Waals surface area contributed by atoms with Gasteiger partial charge in [-0.25, -0.2) is 0 Å². The molecule has 1 unspecified atom stereocenters. The van der Waals surface area contributed by atoms with Crippen molar-refractivity contribution in [3.8, 4) is 28.3 Å². The molecule has 3 aromatic carbocycles. The SMILES string of the molecule is OC(COc1ccc(-c2ccccc2)cc1)CSc1nnc(-c2ccccc2)o1. The van der Waals surface area contributed by atoms with E-state index in [2.05, 4.69) is 22.3 Å². The van der Waals surface area contributed by atoms with E-state index < -0.39 is 6.10 Å². The number of nitrogens with zero attached hydrogens (tertiary/aromatic N) is 2. The zero-order valence-electron chi connectivity index (χ0n) is 15.6. The van der Waals surface area contributed by atoms with Gasteiger partial charge in [-0.05, 0) is 35.4 Å². The molecule has 0 aliphatic rings. The fourth-order valence-corrected chi connectivity index (χ4v) is 3.42. The lowest BCUT2D eigenvalue weighted by Crippen LogP contribution is -2.20. The number of rotatable bonds is 8. The molecule has 0 spiro atoms. The molecule has 5 nitrogen and oxygen atoms in total. The third-order valence-electron chi connectivity index (χ3n) is 4.23. The molecule has 29 heavy (non-hydrogen) atoms. The maximum atomic E-state index is 10.2. The molecule has 146 valence electrons. The Kier molecular flexibility index (Phi) is 6.24. The number of aliphatic hydroxyl groups is 1. The molecule has 0 aliphatic carbocycles. The molecule has 1 atom stereocenters. The van der Waals surface area contributed by atoms with Gasteiger partial charge >= 0.3 is 0 Å². The highest BCUT2D eigenvalue weighted by Crippen LogP contribution is 2.24. The van der Waals surface area contributed by atoms with Crippen LogP contribution < -0.4 is 4.74 Å². The molecular weight excluding hydrogens is 384 g/mol. The standard InChI is InChI=1S/C23H20N2O3S/c26-20(16-29-23-25-24-22(28-23)19-9-5-2-6-10-19)15-27-21-13-11-18(12-14-21)17-7-3-1-4-8-17/h1-14,20,26H,15-16H2. The Bertz CT molecular complexity index is 1020. The lowest BCUT2D eigenvalue weighted by atomic mass is 10.1. The number of hydrogen-bond donors (Lipinski definition) is 1. The van der Waals surface area contributed by atoms with Gasteiger partial charge in [0.2, 0.25) is 5.89 Å². The molecule has 1 aromatic heterocycles. The second kappa shape index (κ2) is 9.41. The van der Waals surface area contributed by atoms with Gasteiger partial charge in [0, 0.05) is 11.3 Å². The molecule has 0 fully saturated rings. The van der Waals surface area contributed by atoms with Crippen molar-refractivity contribution in [2.45, 2.75) is 11.3 Å². The summed E-state index contributed by atoms with van der Waals surface area (Å²) >= 11 is 1.31. The van der Waals surface area contributed by atoms with Crippen molar-refractivity contribution >= 4 is 11.8 Å². The largest absolute Gasteiger partial charge is 0.491 e. The predicted octanol–water partition coefficient (Wildman–Crippen LogP) is 4.94. The monoisotopic (exact) mass is 404 g/mol. The van der Waals surface area contributed by atoms with Crippen LogP contribution in [0.15, 0.2) is 94.6 Å². The second-order valence-electron chi connectivity index (χ2n) is 6.41. The van der Waals surface area contributed by atoms with Crippen LogP contribution in [0.3, 0.4) is 0 Å². The number of hydrogen-bond acceptors (Lipinski definition) is 6. The molecular formula is C23H20N2O3S. The van der Waals surface area contributed by atoms with Crippen LogP contribution in [0.1, 0.15) is 0 Å². The first-order valence-corrected chi connectivity index (χ1v) is 10.2. The number of thioether (sulfide) groups is 1. The summed E-state index contributed by atoms with van der Waals surface area (Å²) in [5.74, 6) is 1.59. The summed E-state index contributed by atoms with van der Waals surface area (Å²) in [5.41, 5.74) is 3.15. The van der Waals surface area contributed by atoms with E-state index in [-0.39, 0.29) is 6.61 Å². The van der Waals surface area contributed by atoms with Crippen LogP contribution in [0.5, 0.6) is 5.75 Å². The summed E-state index contributed by atoms with van der Waals surface area (Å²) in [6.07, 6.45) is -0.652. The van der Waals surface area contributed by atoms with Gasteiger partial charge in [-0.2, -0.15) is 0 Å². The van der Waals surface area contributed by atoms with Gasteiger partial charge in [-0.3, -0.25) is 0 Å². The summed E-state index contributed by atoms with van der Waals surface area (Å²) < 4.78 is 11.3. The average molecular weight is 404 g/mol. The van der Waals surface area contributed by atoms with Crippen molar-refractivity contribution in [2.75, 3.05) is 12.4 Å². The van der Waals surface area contributed by atoms with Crippen LogP contribution in [-0.4, -0.2) is 33.8 Å². The minimum Gasteiger partial charge on any atom is -0.491 e. The molecule has 0 amide bonds. The Morgan fingerprint density at radius 3 is 2.10 bits per heavy atom. The Balaban J connectivity index is 1.25. The first kappa shape index (κ1) is 19.2. The van der Waals surface area contributed by atoms with E-state index in [0.717, 1.165) is 22.4 Å². The van der Waals surface area contributed by atoms with Crippen LogP contribution in [0.2, 0.25) is 0 Å². The van der Waals surface area contributed by atoms with Gasteiger partial charge in [0.25, 0.3) is 5.22 Å². The minimum atomic E-state index is -0.652. The number of benzene rings is 3. The molecule has 0 bridgehead atoms. The van der Waals surface area contributed by atoms with E-state index >= 15 is 0 Å². The van der Waals surface area contributed by atoms with Gasteiger partial charge in [-0.15, -0.1) is 10.2 Å². The lowest BCUT2D eigenvalue weighted by molar-refractivity contribution is 0.126. The molecule has 1 heterocycles. The fourth-order valence-electron chi connectivity index (χ4n) is 2.75. The molecule has 0 saturated heterocycles. The van der Waals surface area contributed by atoms with Crippen LogP contribution in [-0.2, 0) is 0 Å². The summed E-state index contributed by atoms with van der Waals surface area (Å²) in [5, 5.41) is 18.7. The smallest absolute Gasteiger partial charge is 0.276 e. The van der Waals surface area contributed by atoms with E-state index in [9.17, 15) is 5.11 Å². The molecule has 1 N–H and O–H groups in total.